The van der Waals surface area contributed by atoms with Crippen molar-refractivity contribution in [3.8, 4) is 0 Å². The Balaban J connectivity index is 2.49. The fourth-order valence-corrected chi connectivity index (χ4v) is 2.00. The van der Waals surface area contributed by atoms with Gasteiger partial charge in [0.2, 0.25) is 5.91 Å². The van der Waals surface area contributed by atoms with Crippen LogP contribution in [0, 0.1) is 0 Å². The number of nitrogens with two attached hydrogens (primary N) is 1. The highest BCUT2D eigenvalue weighted by molar-refractivity contribution is 5.81. The second kappa shape index (κ2) is 7.74. The predicted octanol–water partition coefficient (Wildman–Crippen LogP) is 2.37. The summed E-state index contributed by atoms with van der Waals surface area (Å²) in [4.78, 5) is 14.0. The quantitative estimate of drug-likeness (QED) is 0.765. The van der Waals surface area contributed by atoms with Gasteiger partial charge in [0.15, 0.2) is 0 Å². The molecule has 19 heavy (non-hydrogen) atoms. The third kappa shape index (κ3) is 5.26. The van der Waals surface area contributed by atoms with Gasteiger partial charge >= 0.3 is 0 Å². The van der Waals surface area contributed by atoms with Gasteiger partial charge in [-0.3, -0.25) is 4.79 Å². The molecule has 0 aliphatic heterocycles. The smallest absolute Gasteiger partial charge is 0.239 e. The summed E-state index contributed by atoms with van der Waals surface area (Å²) in [5.74, 6) is 0.0152. The van der Waals surface area contributed by atoms with Crippen LogP contribution in [0.3, 0.4) is 0 Å². The van der Waals surface area contributed by atoms with E-state index in [1.165, 1.54) is 5.56 Å². The molecule has 0 bridgehead atoms. The number of benzene rings is 1. The first-order chi connectivity index (χ1) is 9.04. The number of nitrogens with zero attached hydrogens (tertiary/aromatic N) is 1. The third-order valence-corrected chi connectivity index (χ3v) is 3.06. The summed E-state index contributed by atoms with van der Waals surface area (Å²) in [5, 5.41) is 0. The fraction of sp³-hybridized carbons (Fsp3) is 0.438. The van der Waals surface area contributed by atoms with Gasteiger partial charge in [0.25, 0.3) is 0 Å². The van der Waals surface area contributed by atoms with Gasteiger partial charge in [-0.2, -0.15) is 0 Å². The van der Waals surface area contributed by atoms with E-state index in [2.05, 4.69) is 18.7 Å². The average Bonchev–Trinajstić information content (AvgIpc) is 2.42. The van der Waals surface area contributed by atoms with Crippen molar-refractivity contribution in [3.63, 3.8) is 0 Å². The minimum Gasteiger partial charge on any atom is -0.338 e. The Bertz CT molecular complexity index is 414. The van der Waals surface area contributed by atoms with Crippen LogP contribution in [0.4, 0.5) is 0 Å². The molecule has 0 aliphatic carbocycles. The van der Waals surface area contributed by atoms with Gasteiger partial charge in [-0.25, -0.2) is 0 Å². The van der Waals surface area contributed by atoms with Crippen molar-refractivity contribution in [3.05, 3.63) is 48.0 Å². The molecule has 0 heterocycles. The van der Waals surface area contributed by atoms with Crippen LogP contribution in [0.1, 0.15) is 25.8 Å². The SMILES string of the molecule is C=C(C)CN(CC)C(=O)[C@@H](N)CCc1ccccc1. The normalized spacial score (nSPS) is 11.9. The Morgan fingerprint density at radius 2 is 2.00 bits per heavy atom. The lowest BCUT2D eigenvalue weighted by Crippen LogP contribution is -2.44. The van der Waals surface area contributed by atoms with Crippen molar-refractivity contribution in [1.82, 2.24) is 4.90 Å². The zero-order valence-corrected chi connectivity index (χ0v) is 11.9. The summed E-state index contributed by atoms with van der Waals surface area (Å²) < 4.78 is 0. The average molecular weight is 260 g/mol. The van der Waals surface area contributed by atoms with Crippen molar-refractivity contribution >= 4 is 5.91 Å². The number of likely N-dealkylation sites (N-methyl/N-ethyl adjacent to an activating group) is 1. The van der Waals surface area contributed by atoms with E-state index in [0.29, 0.717) is 19.5 Å². The molecule has 3 heteroatoms. The van der Waals surface area contributed by atoms with E-state index in [1.807, 2.05) is 32.0 Å². The molecule has 0 radical (unpaired) electrons. The van der Waals surface area contributed by atoms with Crippen molar-refractivity contribution in [2.45, 2.75) is 32.7 Å². The summed E-state index contributed by atoms with van der Waals surface area (Å²) in [6.45, 7) is 8.99. The van der Waals surface area contributed by atoms with E-state index >= 15 is 0 Å². The Morgan fingerprint density at radius 1 is 1.37 bits per heavy atom. The van der Waals surface area contributed by atoms with Gasteiger partial charge in [0.05, 0.1) is 6.04 Å². The van der Waals surface area contributed by atoms with Crippen LogP contribution in [0.15, 0.2) is 42.5 Å². The zero-order chi connectivity index (χ0) is 14.3. The van der Waals surface area contributed by atoms with Crippen LogP contribution in [-0.4, -0.2) is 29.9 Å². The lowest BCUT2D eigenvalue weighted by atomic mass is 10.0. The van der Waals surface area contributed by atoms with Gasteiger partial charge in [-0.05, 0) is 32.3 Å². The summed E-state index contributed by atoms with van der Waals surface area (Å²) in [7, 11) is 0. The lowest BCUT2D eigenvalue weighted by Gasteiger charge is -2.24. The summed E-state index contributed by atoms with van der Waals surface area (Å²) in [6.07, 6.45) is 1.51. The minimum absolute atomic E-state index is 0.0152. The Hall–Kier alpha value is -1.61. The van der Waals surface area contributed by atoms with E-state index < -0.39 is 6.04 Å². The monoisotopic (exact) mass is 260 g/mol. The molecule has 1 atom stereocenters. The van der Waals surface area contributed by atoms with Gasteiger partial charge in [0.1, 0.15) is 0 Å². The highest BCUT2D eigenvalue weighted by Crippen LogP contribution is 2.07. The van der Waals surface area contributed by atoms with Crippen LogP contribution < -0.4 is 5.73 Å². The number of aryl methyl sites for hydroxylation is 1. The van der Waals surface area contributed by atoms with E-state index in [0.717, 1.165) is 12.0 Å². The number of hydrogen-bond acceptors (Lipinski definition) is 2. The molecule has 3 nitrogen and oxygen atoms in total. The van der Waals surface area contributed by atoms with Crippen LogP contribution in [0.25, 0.3) is 0 Å². The molecule has 0 unspecified atom stereocenters. The predicted molar refractivity (Wildman–Crippen MR) is 79.8 cm³/mol. The number of hydrogen-bond donors (Lipinski definition) is 1. The molecule has 1 rings (SSSR count). The first-order valence-corrected chi connectivity index (χ1v) is 6.77. The second-order valence-electron chi connectivity index (χ2n) is 4.94. The number of carbonyl (C=O) groups is 1. The Kier molecular flexibility index (Phi) is 6.30. The number of rotatable bonds is 7. The van der Waals surface area contributed by atoms with E-state index in [4.69, 9.17) is 5.73 Å². The Labute approximate surface area is 116 Å². The largest absolute Gasteiger partial charge is 0.338 e. The maximum absolute atomic E-state index is 12.2. The third-order valence-electron chi connectivity index (χ3n) is 3.06. The van der Waals surface area contributed by atoms with Gasteiger partial charge < -0.3 is 10.6 Å². The number of amides is 1. The lowest BCUT2D eigenvalue weighted by molar-refractivity contribution is -0.132. The van der Waals surface area contributed by atoms with Crippen molar-refractivity contribution in [2.24, 2.45) is 5.73 Å². The fourth-order valence-electron chi connectivity index (χ4n) is 2.00. The minimum atomic E-state index is -0.431. The Morgan fingerprint density at radius 3 is 2.53 bits per heavy atom. The molecule has 0 aliphatic rings. The zero-order valence-electron chi connectivity index (χ0n) is 11.9. The van der Waals surface area contributed by atoms with Crippen LogP contribution in [0.5, 0.6) is 0 Å². The van der Waals surface area contributed by atoms with Crippen molar-refractivity contribution in [1.29, 1.82) is 0 Å². The molecule has 1 aromatic rings. The number of carbonyl (C=O) groups excluding carboxylic acids is 1. The van der Waals surface area contributed by atoms with Gasteiger partial charge in [-0.15, -0.1) is 0 Å². The van der Waals surface area contributed by atoms with Crippen LogP contribution >= 0.6 is 0 Å². The van der Waals surface area contributed by atoms with Crippen molar-refractivity contribution in [2.75, 3.05) is 13.1 Å². The highest BCUT2D eigenvalue weighted by atomic mass is 16.2. The maximum atomic E-state index is 12.2. The highest BCUT2D eigenvalue weighted by Gasteiger charge is 2.19. The second-order valence-corrected chi connectivity index (χ2v) is 4.94. The van der Waals surface area contributed by atoms with Crippen molar-refractivity contribution < 1.29 is 4.79 Å². The van der Waals surface area contributed by atoms with E-state index in [-0.39, 0.29) is 5.91 Å². The van der Waals surface area contributed by atoms with Crippen LogP contribution in [0.2, 0.25) is 0 Å². The summed E-state index contributed by atoms with van der Waals surface area (Å²) in [5.41, 5.74) is 8.19. The van der Waals surface area contributed by atoms with Gasteiger partial charge in [0, 0.05) is 13.1 Å². The van der Waals surface area contributed by atoms with Gasteiger partial charge in [-0.1, -0.05) is 42.5 Å². The van der Waals surface area contributed by atoms with E-state index in [1.54, 1.807) is 4.90 Å². The van der Waals surface area contributed by atoms with E-state index in [9.17, 15) is 4.79 Å². The molecule has 104 valence electrons. The molecule has 0 spiro atoms. The standard InChI is InChI=1S/C16H24N2O/c1-4-18(12-13(2)3)16(19)15(17)11-10-14-8-6-5-7-9-14/h5-9,15H,2,4,10-12,17H2,1,3H3/t15-/m0/s1. The molecule has 0 saturated heterocycles. The molecule has 0 saturated carbocycles. The summed E-state index contributed by atoms with van der Waals surface area (Å²) >= 11 is 0. The molecule has 0 fully saturated rings. The molecule has 1 aromatic carbocycles. The molecule has 0 aromatic heterocycles. The summed E-state index contributed by atoms with van der Waals surface area (Å²) in [6, 6.07) is 9.68. The molecule has 2 N–H and O–H groups in total. The van der Waals surface area contributed by atoms with Crippen LogP contribution in [-0.2, 0) is 11.2 Å². The molecular weight excluding hydrogens is 236 g/mol. The first kappa shape index (κ1) is 15.4. The molecule has 1 amide bonds. The topological polar surface area (TPSA) is 46.3 Å². The molecular formula is C16H24N2O. The first-order valence-electron chi connectivity index (χ1n) is 6.77. The maximum Gasteiger partial charge on any atom is 0.239 e.